The van der Waals surface area contributed by atoms with Gasteiger partial charge in [-0.3, -0.25) is 4.90 Å². The molecule has 1 fully saturated rings. The van der Waals surface area contributed by atoms with Gasteiger partial charge in [-0.05, 0) is 49.2 Å². The first-order valence-electron chi connectivity index (χ1n) is 11.9. The largest absolute Gasteiger partial charge is 0.412 e. The zero-order valence-electron chi connectivity index (χ0n) is 20.9. The maximum atomic E-state index is 6.14. The summed E-state index contributed by atoms with van der Waals surface area (Å²) in [6.45, 7) is 8.56. The van der Waals surface area contributed by atoms with Crippen molar-refractivity contribution in [1.29, 1.82) is 0 Å². The van der Waals surface area contributed by atoms with Crippen LogP contribution in [0, 0.1) is 6.92 Å². The quantitative estimate of drug-likeness (QED) is 0.258. The third-order valence-electron chi connectivity index (χ3n) is 6.76. The van der Waals surface area contributed by atoms with Crippen LogP contribution in [-0.4, -0.2) is 57.6 Å². The van der Waals surface area contributed by atoms with Crippen LogP contribution in [0.25, 0.3) is 11.0 Å². The van der Waals surface area contributed by atoms with E-state index in [0.717, 1.165) is 62.1 Å². The van der Waals surface area contributed by atoms with Crippen molar-refractivity contribution in [3.8, 4) is 0 Å². The van der Waals surface area contributed by atoms with E-state index in [9.17, 15) is 0 Å². The van der Waals surface area contributed by atoms with Crippen molar-refractivity contribution in [3.63, 3.8) is 0 Å². The summed E-state index contributed by atoms with van der Waals surface area (Å²) < 4.78 is 2.32. The van der Waals surface area contributed by atoms with E-state index in [1.807, 2.05) is 12.1 Å². The van der Waals surface area contributed by atoms with E-state index in [2.05, 4.69) is 93.0 Å². The number of imidazole rings is 1. The molecule has 2 heterocycles. The zero-order chi connectivity index (χ0) is 22.6. The zero-order valence-corrected chi connectivity index (χ0v) is 24.1. The van der Waals surface area contributed by atoms with Crippen LogP contribution in [0.4, 0.5) is 0 Å². The number of aryl methyl sites for hydroxylation is 2. The van der Waals surface area contributed by atoms with Gasteiger partial charge in [-0.15, -0.1) is 37.2 Å². The van der Waals surface area contributed by atoms with Crippen LogP contribution in [0.3, 0.4) is 0 Å². The lowest BCUT2D eigenvalue weighted by atomic mass is 9.96. The second-order valence-corrected chi connectivity index (χ2v) is 9.34. The van der Waals surface area contributed by atoms with Crippen molar-refractivity contribution in [1.82, 2.24) is 19.4 Å². The average molecular weight is 586 g/mol. The molecule has 0 saturated carbocycles. The Bertz CT molecular complexity index is 1160. The molecule has 0 radical (unpaired) electrons. The van der Waals surface area contributed by atoms with E-state index >= 15 is 0 Å². The number of aromatic nitrogens is 2. The topological polar surface area (TPSA) is 55.8 Å². The number of hydrogen-bond donors (Lipinski definition) is 0. The predicted octanol–water partition coefficient (Wildman–Crippen LogP) is 6.24. The summed E-state index contributed by atoms with van der Waals surface area (Å²) in [6.07, 6.45) is 1.12. The third-order valence-corrected chi connectivity index (χ3v) is 6.99. The molecule has 0 aliphatic carbocycles. The normalized spacial score (nSPS) is 13.8. The van der Waals surface area contributed by atoms with E-state index < -0.39 is 0 Å². The Labute approximate surface area is 243 Å². The molecule has 1 aliphatic rings. The smallest absolute Gasteiger partial charge is 0.106 e. The lowest BCUT2D eigenvalue weighted by molar-refractivity contribution is 0.108. The first-order valence-corrected chi connectivity index (χ1v) is 12.3. The van der Waals surface area contributed by atoms with Gasteiger partial charge < -0.3 is 14.9 Å². The van der Waals surface area contributed by atoms with Crippen LogP contribution < -0.4 is 0 Å². The standard InChI is InChI=1S/C28H31ClN4.3ClH.H2O/c1-22-30-26-21-25(29)13-14-27(26)33(22)16-8-15-31-17-19-32(20-18-31)28(23-9-4-2-5-10-23)24-11-6-3-7-12-24;;;;/h2-7,9-14,21,28H,8,15-20H2,1H3;3*1H;1H2. The third kappa shape index (κ3) is 7.84. The molecule has 5 rings (SSSR count). The number of benzene rings is 3. The van der Waals surface area contributed by atoms with Crippen LogP contribution in [0.15, 0.2) is 78.9 Å². The Balaban J connectivity index is 0.00000171. The van der Waals surface area contributed by atoms with Crippen molar-refractivity contribution in [2.45, 2.75) is 25.9 Å². The van der Waals surface area contributed by atoms with Gasteiger partial charge in [0.15, 0.2) is 0 Å². The molecule has 1 aliphatic heterocycles. The summed E-state index contributed by atoms with van der Waals surface area (Å²) in [5, 5.41) is 0.745. The molecule has 37 heavy (non-hydrogen) atoms. The molecule has 2 N–H and O–H groups in total. The highest BCUT2D eigenvalue weighted by atomic mass is 35.5. The van der Waals surface area contributed by atoms with Gasteiger partial charge in [0.05, 0.1) is 17.1 Å². The Morgan fingerprint density at radius 1 is 0.784 bits per heavy atom. The van der Waals surface area contributed by atoms with Gasteiger partial charge in [-0.2, -0.15) is 0 Å². The second kappa shape index (κ2) is 15.6. The van der Waals surface area contributed by atoms with Crippen LogP contribution in [0.1, 0.15) is 29.4 Å². The fraction of sp³-hybridized carbons (Fsp3) is 0.321. The average Bonchev–Trinajstić information content (AvgIpc) is 3.15. The lowest BCUT2D eigenvalue weighted by Gasteiger charge is -2.40. The second-order valence-electron chi connectivity index (χ2n) is 8.90. The van der Waals surface area contributed by atoms with E-state index in [4.69, 9.17) is 11.6 Å². The van der Waals surface area contributed by atoms with Gasteiger partial charge in [-0.1, -0.05) is 72.3 Å². The van der Waals surface area contributed by atoms with Crippen molar-refractivity contribution in [3.05, 3.63) is 101 Å². The van der Waals surface area contributed by atoms with E-state index in [1.165, 1.54) is 16.6 Å². The maximum absolute atomic E-state index is 6.14. The van der Waals surface area contributed by atoms with Gasteiger partial charge in [0.25, 0.3) is 0 Å². The van der Waals surface area contributed by atoms with Gasteiger partial charge in [0.2, 0.25) is 0 Å². The van der Waals surface area contributed by atoms with Crippen LogP contribution >= 0.6 is 48.8 Å². The molecular weight excluding hydrogens is 550 g/mol. The Hall–Kier alpha value is -1.83. The summed E-state index contributed by atoms with van der Waals surface area (Å²) in [6, 6.07) is 28.2. The number of hydrogen-bond acceptors (Lipinski definition) is 3. The Morgan fingerprint density at radius 2 is 1.35 bits per heavy atom. The molecule has 0 spiro atoms. The molecule has 3 aromatic carbocycles. The van der Waals surface area contributed by atoms with Crippen molar-refractivity contribution in [2.75, 3.05) is 32.7 Å². The van der Waals surface area contributed by atoms with Gasteiger partial charge in [-0.25, -0.2) is 4.98 Å². The van der Waals surface area contributed by atoms with Crippen molar-refractivity contribution in [2.24, 2.45) is 0 Å². The molecule has 5 nitrogen and oxygen atoms in total. The molecule has 0 unspecified atom stereocenters. The Kier molecular flexibility index (Phi) is 14.0. The molecule has 0 amide bonds. The highest BCUT2D eigenvalue weighted by Crippen LogP contribution is 2.29. The monoisotopic (exact) mass is 584 g/mol. The molecule has 9 heteroatoms. The van der Waals surface area contributed by atoms with Crippen molar-refractivity contribution >= 4 is 59.9 Å². The predicted molar refractivity (Wildman–Crippen MR) is 162 cm³/mol. The van der Waals surface area contributed by atoms with Gasteiger partial charge in [0.1, 0.15) is 5.82 Å². The summed E-state index contributed by atoms with van der Waals surface area (Å²) >= 11 is 6.14. The first-order chi connectivity index (χ1) is 16.2. The van der Waals surface area contributed by atoms with Crippen LogP contribution in [-0.2, 0) is 6.54 Å². The van der Waals surface area contributed by atoms with Crippen LogP contribution in [0.2, 0.25) is 5.02 Å². The molecule has 0 bridgehead atoms. The van der Waals surface area contributed by atoms with Crippen LogP contribution in [0.5, 0.6) is 0 Å². The number of fused-ring (bicyclic) bond motifs is 1. The number of nitrogens with zero attached hydrogens (tertiary/aromatic N) is 4. The number of piperazine rings is 1. The fourth-order valence-electron chi connectivity index (χ4n) is 5.09. The first kappa shape index (κ1) is 33.2. The lowest BCUT2D eigenvalue weighted by Crippen LogP contribution is -2.48. The summed E-state index contributed by atoms with van der Waals surface area (Å²) in [7, 11) is 0. The minimum Gasteiger partial charge on any atom is -0.412 e. The minimum absolute atomic E-state index is 0. The molecule has 202 valence electrons. The summed E-state index contributed by atoms with van der Waals surface area (Å²) in [5.41, 5.74) is 4.91. The number of halogens is 4. The number of rotatable bonds is 7. The van der Waals surface area contributed by atoms with Gasteiger partial charge >= 0.3 is 0 Å². The Morgan fingerprint density at radius 3 is 1.92 bits per heavy atom. The van der Waals surface area contributed by atoms with E-state index in [-0.39, 0.29) is 42.7 Å². The molecule has 1 aromatic heterocycles. The fourth-order valence-corrected chi connectivity index (χ4v) is 5.25. The molecule has 4 aromatic rings. The minimum atomic E-state index is 0. The molecule has 0 atom stereocenters. The van der Waals surface area contributed by atoms with Gasteiger partial charge in [0, 0.05) is 37.7 Å². The van der Waals surface area contributed by atoms with E-state index in [0.29, 0.717) is 6.04 Å². The summed E-state index contributed by atoms with van der Waals surface area (Å²) in [5.74, 6) is 1.06. The molecule has 1 saturated heterocycles. The summed E-state index contributed by atoms with van der Waals surface area (Å²) in [4.78, 5) is 9.93. The maximum Gasteiger partial charge on any atom is 0.106 e. The van der Waals surface area contributed by atoms with E-state index in [1.54, 1.807) is 0 Å². The highest BCUT2D eigenvalue weighted by Gasteiger charge is 2.26. The molecular formula is C28H36Cl4N4O. The highest BCUT2D eigenvalue weighted by molar-refractivity contribution is 6.31. The SMILES string of the molecule is Cc1nc2cc(Cl)ccc2n1CCCN1CCN(C(c2ccccc2)c2ccccc2)CC1.Cl.Cl.Cl.O. The van der Waals surface area contributed by atoms with Crippen molar-refractivity contribution < 1.29 is 5.48 Å².